The Balaban J connectivity index is 2.51. The van der Waals surface area contributed by atoms with E-state index in [-0.39, 0.29) is 5.82 Å². The zero-order valence-corrected chi connectivity index (χ0v) is 10.2. The molecule has 3 heteroatoms. The predicted octanol–water partition coefficient (Wildman–Crippen LogP) is 3.71. The fraction of sp³-hybridized carbons (Fsp3) is 0.0769. The van der Waals surface area contributed by atoms with Gasteiger partial charge in [-0.05, 0) is 47.0 Å². The predicted molar refractivity (Wildman–Crippen MR) is 67.4 cm³/mol. The average molecular weight is 280 g/mol. The van der Waals surface area contributed by atoms with Crippen molar-refractivity contribution in [1.29, 1.82) is 0 Å². The summed E-state index contributed by atoms with van der Waals surface area (Å²) in [6, 6.07) is 12.6. The summed E-state index contributed by atoms with van der Waals surface area (Å²) >= 11 is 3.40. The van der Waals surface area contributed by atoms with E-state index in [0.717, 1.165) is 21.2 Å². The Labute approximate surface area is 102 Å². The molecule has 0 aliphatic carbocycles. The Hall–Kier alpha value is -1.19. The molecule has 0 heterocycles. The van der Waals surface area contributed by atoms with Gasteiger partial charge in [-0.25, -0.2) is 4.39 Å². The minimum absolute atomic E-state index is 0.252. The highest BCUT2D eigenvalue weighted by atomic mass is 79.9. The van der Waals surface area contributed by atoms with Crippen LogP contribution in [0.4, 0.5) is 4.39 Å². The first kappa shape index (κ1) is 11.3. The van der Waals surface area contributed by atoms with Crippen LogP contribution in [-0.4, -0.2) is 0 Å². The van der Waals surface area contributed by atoms with Crippen molar-refractivity contribution in [3.8, 4) is 11.1 Å². The number of halogens is 2. The van der Waals surface area contributed by atoms with E-state index in [4.69, 9.17) is 5.73 Å². The molecule has 0 fully saturated rings. The third kappa shape index (κ3) is 2.49. The molecule has 2 rings (SSSR count). The van der Waals surface area contributed by atoms with Gasteiger partial charge in [0.1, 0.15) is 5.82 Å². The van der Waals surface area contributed by atoms with Gasteiger partial charge in [0.05, 0.1) is 0 Å². The normalized spacial score (nSPS) is 10.4. The molecule has 0 saturated heterocycles. The molecule has 0 aliphatic rings. The van der Waals surface area contributed by atoms with Crippen LogP contribution >= 0.6 is 15.9 Å². The Morgan fingerprint density at radius 2 is 1.88 bits per heavy atom. The van der Waals surface area contributed by atoms with Crippen molar-refractivity contribution >= 4 is 15.9 Å². The quantitative estimate of drug-likeness (QED) is 0.891. The van der Waals surface area contributed by atoms with Gasteiger partial charge < -0.3 is 5.73 Å². The van der Waals surface area contributed by atoms with E-state index in [1.54, 1.807) is 0 Å². The van der Waals surface area contributed by atoms with E-state index in [2.05, 4.69) is 15.9 Å². The molecule has 0 amide bonds. The Morgan fingerprint density at radius 3 is 2.56 bits per heavy atom. The number of hydrogen-bond donors (Lipinski definition) is 1. The number of hydrogen-bond acceptors (Lipinski definition) is 1. The molecule has 0 aromatic heterocycles. The average Bonchev–Trinajstić information content (AvgIpc) is 2.28. The maximum absolute atomic E-state index is 13.3. The van der Waals surface area contributed by atoms with Crippen molar-refractivity contribution in [2.24, 2.45) is 5.73 Å². The van der Waals surface area contributed by atoms with E-state index in [1.807, 2.05) is 30.3 Å². The van der Waals surface area contributed by atoms with Crippen molar-refractivity contribution < 1.29 is 4.39 Å². The first-order valence-electron chi connectivity index (χ1n) is 4.94. The molecular weight excluding hydrogens is 269 g/mol. The van der Waals surface area contributed by atoms with Crippen molar-refractivity contribution in [3.63, 3.8) is 0 Å². The lowest BCUT2D eigenvalue weighted by molar-refractivity contribution is 0.626. The van der Waals surface area contributed by atoms with E-state index < -0.39 is 0 Å². The van der Waals surface area contributed by atoms with Crippen LogP contribution < -0.4 is 5.73 Å². The van der Waals surface area contributed by atoms with Crippen molar-refractivity contribution in [2.75, 3.05) is 0 Å². The lowest BCUT2D eigenvalue weighted by atomic mass is 10.0. The smallest absolute Gasteiger partial charge is 0.124 e. The molecule has 0 bridgehead atoms. The van der Waals surface area contributed by atoms with Crippen LogP contribution in [0.3, 0.4) is 0 Å². The third-order valence-corrected chi connectivity index (χ3v) is 2.84. The summed E-state index contributed by atoms with van der Waals surface area (Å²) in [5.74, 6) is -0.252. The van der Waals surface area contributed by atoms with E-state index in [9.17, 15) is 4.39 Å². The summed E-state index contributed by atoms with van der Waals surface area (Å²) < 4.78 is 14.3. The minimum Gasteiger partial charge on any atom is -0.326 e. The van der Waals surface area contributed by atoms with Gasteiger partial charge in [-0.15, -0.1) is 0 Å². The van der Waals surface area contributed by atoms with Gasteiger partial charge >= 0.3 is 0 Å². The van der Waals surface area contributed by atoms with Gasteiger partial charge in [0.15, 0.2) is 0 Å². The molecule has 0 atom stereocenters. The van der Waals surface area contributed by atoms with Crippen LogP contribution in [0.5, 0.6) is 0 Å². The summed E-state index contributed by atoms with van der Waals surface area (Å²) in [5, 5.41) is 0. The second-order valence-electron chi connectivity index (χ2n) is 3.56. The molecule has 82 valence electrons. The van der Waals surface area contributed by atoms with Crippen LogP contribution in [-0.2, 0) is 6.54 Å². The van der Waals surface area contributed by atoms with Crippen LogP contribution in [0.1, 0.15) is 5.56 Å². The van der Waals surface area contributed by atoms with Crippen LogP contribution in [0.25, 0.3) is 11.1 Å². The SMILES string of the molecule is NCc1cc(F)cc(-c2cccc(Br)c2)c1. The monoisotopic (exact) mass is 279 g/mol. The van der Waals surface area contributed by atoms with E-state index >= 15 is 0 Å². The molecule has 0 spiro atoms. The van der Waals surface area contributed by atoms with Gasteiger partial charge in [-0.3, -0.25) is 0 Å². The van der Waals surface area contributed by atoms with Gasteiger partial charge in [0.25, 0.3) is 0 Å². The molecule has 2 aromatic carbocycles. The zero-order valence-electron chi connectivity index (χ0n) is 8.58. The Bertz CT molecular complexity index is 511. The topological polar surface area (TPSA) is 26.0 Å². The number of rotatable bonds is 2. The number of benzene rings is 2. The summed E-state index contributed by atoms with van der Waals surface area (Å²) in [7, 11) is 0. The maximum Gasteiger partial charge on any atom is 0.124 e. The highest BCUT2D eigenvalue weighted by Gasteiger charge is 2.02. The lowest BCUT2D eigenvalue weighted by Crippen LogP contribution is -1.97. The van der Waals surface area contributed by atoms with E-state index in [0.29, 0.717) is 6.54 Å². The number of nitrogens with two attached hydrogens (primary N) is 1. The molecule has 1 nitrogen and oxygen atoms in total. The fourth-order valence-electron chi connectivity index (χ4n) is 1.60. The summed E-state index contributed by atoms with van der Waals surface area (Å²) in [6.45, 7) is 0.346. The minimum atomic E-state index is -0.252. The van der Waals surface area contributed by atoms with Crippen molar-refractivity contribution in [2.45, 2.75) is 6.54 Å². The second-order valence-corrected chi connectivity index (χ2v) is 4.48. The van der Waals surface area contributed by atoms with Gasteiger partial charge in [0.2, 0.25) is 0 Å². The Kier molecular flexibility index (Phi) is 3.36. The molecule has 2 aromatic rings. The first-order chi connectivity index (χ1) is 7.69. The van der Waals surface area contributed by atoms with Crippen molar-refractivity contribution in [1.82, 2.24) is 0 Å². The zero-order chi connectivity index (χ0) is 11.5. The molecule has 0 radical (unpaired) electrons. The van der Waals surface area contributed by atoms with Crippen LogP contribution in [0.2, 0.25) is 0 Å². The molecule has 0 aliphatic heterocycles. The summed E-state index contributed by atoms with van der Waals surface area (Å²) in [6.07, 6.45) is 0. The largest absolute Gasteiger partial charge is 0.326 e. The lowest BCUT2D eigenvalue weighted by Gasteiger charge is -2.05. The first-order valence-corrected chi connectivity index (χ1v) is 5.74. The van der Waals surface area contributed by atoms with Crippen LogP contribution in [0, 0.1) is 5.82 Å². The van der Waals surface area contributed by atoms with Gasteiger partial charge in [-0.1, -0.05) is 28.1 Å². The highest BCUT2D eigenvalue weighted by molar-refractivity contribution is 9.10. The molecule has 16 heavy (non-hydrogen) atoms. The van der Waals surface area contributed by atoms with Crippen molar-refractivity contribution in [3.05, 3.63) is 58.3 Å². The third-order valence-electron chi connectivity index (χ3n) is 2.35. The maximum atomic E-state index is 13.3. The van der Waals surface area contributed by atoms with E-state index in [1.165, 1.54) is 12.1 Å². The molecular formula is C13H11BrFN. The standard InChI is InChI=1S/C13H11BrFN/c14-12-3-1-2-10(6-12)11-4-9(8-16)5-13(15)7-11/h1-7H,8,16H2. The second kappa shape index (κ2) is 4.76. The summed E-state index contributed by atoms with van der Waals surface area (Å²) in [4.78, 5) is 0. The molecule has 0 unspecified atom stereocenters. The van der Waals surface area contributed by atoms with Gasteiger partial charge in [0, 0.05) is 11.0 Å². The van der Waals surface area contributed by atoms with Crippen LogP contribution in [0.15, 0.2) is 46.9 Å². The summed E-state index contributed by atoms with van der Waals surface area (Å²) in [5.41, 5.74) is 8.14. The highest BCUT2D eigenvalue weighted by Crippen LogP contribution is 2.24. The molecule has 2 N–H and O–H groups in total. The Morgan fingerprint density at radius 1 is 1.06 bits per heavy atom. The van der Waals surface area contributed by atoms with Gasteiger partial charge in [-0.2, -0.15) is 0 Å². The molecule has 0 saturated carbocycles. The fourth-order valence-corrected chi connectivity index (χ4v) is 2.00.